The van der Waals surface area contributed by atoms with E-state index in [1.54, 1.807) is 0 Å². The molecule has 2 bridgehead atoms. The predicted molar refractivity (Wildman–Crippen MR) is 345 cm³/mol. The minimum atomic E-state index is -3.05. The van der Waals surface area contributed by atoms with E-state index in [0.29, 0.717) is 42.5 Å². The number of aliphatic hydroxyl groups excluding tert-OH is 2. The van der Waals surface area contributed by atoms with Gasteiger partial charge in [0.15, 0.2) is 134 Å². The van der Waals surface area contributed by atoms with Gasteiger partial charge in [0.1, 0.15) is 37.1 Å². The molecule has 8 aromatic carbocycles. The fraction of sp³-hybridized carbons (Fsp3) is 0.176. The number of esters is 8. The van der Waals surface area contributed by atoms with Gasteiger partial charge < -0.3 is 180 Å². The van der Waals surface area contributed by atoms with Crippen LogP contribution in [0.4, 0.5) is 0 Å². The molecule has 44 nitrogen and oxygen atoms in total. The highest BCUT2D eigenvalue weighted by atomic mass is 16.8. The second kappa shape index (κ2) is 28.4. The molecule has 4 aliphatic rings. The van der Waals surface area contributed by atoms with Gasteiger partial charge in [0.2, 0.25) is 53.2 Å². The highest BCUT2D eigenvalue weighted by Gasteiger charge is 2.56. The van der Waals surface area contributed by atoms with Crippen molar-refractivity contribution in [3.05, 3.63) is 111 Å². The topological polar surface area (TPSA) is 744 Å². The number of carbonyl (C=O) groups is 8. The molecular weight excluding hydrogens is 1520 g/mol. The van der Waals surface area contributed by atoms with Gasteiger partial charge in [-0.25, -0.2) is 38.4 Å². The fourth-order valence-corrected chi connectivity index (χ4v) is 11.8. The van der Waals surface area contributed by atoms with E-state index in [1.165, 1.54) is 0 Å². The molecule has 0 aromatic heterocycles. The number of hydrogen-bond acceptors (Lipinski definition) is 44. The Morgan fingerprint density at radius 1 is 0.312 bits per heavy atom. The van der Waals surface area contributed by atoms with Crippen molar-refractivity contribution in [2.24, 2.45) is 0 Å². The molecule has 0 aliphatic carbocycles. The van der Waals surface area contributed by atoms with Crippen LogP contribution >= 0.6 is 0 Å². The Labute approximate surface area is 616 Å². The molecule has 2 fully saturated rings. The van der Waals surface area contributed by atoms with Gasteiger partial charge in [0.05, 0.1) is 38.9 Å². The van der Waals surface area contributed by atoms with Crippen molar-refractivity contribution in [3.8, 4) is 166 Å². The Morgan fingerprint density at radius 2 is 0.643 bits per heavy atom. The Hall–Kier alpha value is -15.4. The summed E-state index contributed by atoms with van der Waals surface area (Å²) in [6.07, 6.45) is -26.0. The van der Waals surface area contributed by atoms with Crippen LogP contribution in [-0.2, 0) is 47.4 Å². The van der Waals surface area contributed by atoms with Crippen LogP contribution in [0.2, 0.25) is 0 Å². The van der Waals surface area contributed by atoms with Crippen molar-refractivity contribution >= 4 is 47.8 Å². The molecule has 4 heterocycles. The van der Waals surface area contributed by atoms with E-state index >= 15 is 4.79 Å². The first-order valence-electron chi connectivity index (χ1n) is 31.1. The predicted octanol–water partition coefficient (Wildman–Crippen LogP) is 1.77. The number of rotatable bonds is 10. The zero-order valence-corrected chi connectivity index (χ0v) is 55.0. The molecule has 12 rings (SSSR count). The molecule has 0 spiro atoms. The summed E-state index contributed by atoms with van der Waals surface area (Å²) < 4.78 is 61.3. The number of cyclic esters (lactones) is 2. The van der Waals surface area contributed by atoms with Crippen molar-refractivity contribution < 1.29 is 218 Å². The average molecular weight is 1570 g/mol. The lowest BCUT2D eigenvalue weighted by molar-refractivity contribution is -0.284. The summed E-state index contributed by atoms with van der Waals surface area (Å²) in [7, 11) is 0. The molecule has 0 unspecified atom stereocenters. The lowest BCUT2D eigenvalue weighted by atomic mass is 9.91. The number of carbonyl (C=O) groups excluding carboxylic acids is 8. The average Bonchev–Trinajstić information content (AvgIpc) is 0.958. The second-order valence-electron chi connectivity index (χ2n) is 24.3. The third kappa shape index (κ3) is 13.2. The van der Waals surface area contributed by atoms with E-state index in [0.717, 1.165) is 0 Å². The number of aliphatic hydroxyl groups is 2. The quantitative estimate of drug-likeness (QED) is 0.0527. The molecule has 25 N–H and O–H groups in total. The molecule has 0 amide bonds. The largest absolute Gasteiger partial charge is 0.504 e. The number of phenols is 23. The molecular formula is C68H50O44. The molecule has 112 heavy (non-hydrogen) atoms. The van der Waals surface area contributed by atoms with Crippen molar-refractivity contribution in [1.29, 1.82) is 0 Å². The first-order valence-corrected chi connectivity index (χ1v) is 31.1. The highest BCUT2D eigenvalue weighted by Crippen LogP contribution is 2.58. The monoisotopic (exact) mass is 1570 g/mol. The van der Waals surface area contributed by atoms with Gasteiger partial charge in [0, 0.05) is 34.4 Å². The van der Waals surface area contributed by atoms with E-state index in [1.807, 2.05) is 0 Å². The van der Waals surface area contributed by atoms with Crippen LogP contribution in [-0.4, -0.2) is 250 Å². The van der Waals surface area contributed by atoms with Crippen molar-refractivity contribution in [2.45, 2.75) is 61.4 Å². The molecule has 586 valence electrons. The van der Waals surface area contributed by atoms with Crippen LogP contribution < -0.4 is 4.74 Å². The van der Waals surface area contributed by atoms with E-state index < -0.39 is 333 Å². The van der Waals surface area contributed by atoms with Gasteiger partial charge in [-0.3, -0.25) is 0 Å². The van der Waals surface area contributed by atoms with Crippen molar-refractivity contribution in [2.75, 3.05) is 13.2 Å². The van der Waals surface area contributed by atoms with Crippen molar-refractivity contribution in [3.63, 3.8) is 0 Å². The van der Waals surface area contributed by atoms with E-state index in [-0.39, 0.29) is 24.3 Å². The van der Waals surface area contributed by atoms with Gasteiger partial charge in [-0.1, -0.05) is 0 Å². The fourth-order valence-electron chi connectivity index (χ4n) is 11.8. The minimum absolute atomic E-state index is 0.135. The Bertz CT molecular complexity index is 5320. The van der Waals surface area contributed by atoms with E-state index in [2.05, 4.69) is 0 Å². The Morgan fingerprint density at radius 3 is 1.08 bits per heavy atom. The number of aromatic hydroxyl groups is 23. The number of ether oxygens (including phenoxy) is 11. The van der Waals surface area contributed by atoms with Crippen LogP contribution in [0.25, 0.3) is 22.3 Å². The first kappa shape index (κ1) is 76.2. The van der Waals surface area contributed by atoms with Crippen LogP contribution in [0.3, 0.4) is 0 Å². The zero-order chi connectivity index (χ0) is 81.7. The summed E-state index contributed by atoms with van der Waals surface area (Å²) in [5.74, 6) is -51.6. The summed E-state index contributed by atoms with van der Waals surface area (Å²) in [5, 5.41) is 272. The molecule has 44 heteroatoms. The summed E-state index contributed by atoms with van der Waals surface area (Å²) in [5.41, 5.74) is -14.5. The second-order valence-corrected chi connectivity index (χ2v) is 24.3. The van der Waals surface area contributed by atoms with Crippen LogP contribution in [0.1, 0.15) is 82.9 Å². The van der Waals surface area contributed by atoms with E-state index in [9.17, 15) is 161 Å². The zero-order valence-electron chi connectivity index (χ0n) is 55.0. The van der Waals surface area contributed by atoms with Crippen LogP contribution in [0.5, 0.6) is 144 Å². The molecule has 10 atom stereocenters. The lowest BCUT2D eigenvalue weighted by Crippen LogP contribution is -2.63. The number of benzene rings is 8. The van der Waals surface area contributed by atoms with Crippen LogP contribution in [0.15, 0.2) is 66.7 Å². The highest BCUT2D eigenvalue weighted by molar-refractivity contribution is 6.10. The first-order chi connectivity index (χ1) is 52.7. The van der Waals surface area contributed by atoms with Gasteiger partial charge >= 0.3 is 47.8 Å². The minimum Gasteiger partial charge on any atom is -0.504 e. The van der Waals surface area contributed by atoms with Gasteiger partial charge in [-0.15, -0.1) is 0 Å². The normalized spacial score (nSPS) is 20.7. The third-order valence-electron chi connectivity index (χ3n) is 17.3. The van der Waals surface area contributed by atoms with Gasteiger partial charge in [0.25, 0.3) is 0 Å². The van der Waals surface area contributed by atoms with Crippen molar-refractivity contribution in [1.82, 2.24) is 0 Å². The van der Waals surface area contributed by atoms with Gasteiger partial charge in [-0.2, -0.15) is 0 Å². The Balaban J connectivity index is 0.984. The summed E-state index contributed by atoms with van der Waals surface area (Å²) in [6.45, 7) is -2.90. The standard InChI is InChI=1S/C68H50O44/c69-22-1-14(2-23(70)39(22)79)59(94)109-57-55-34(13-103-62(97)17-7-28(75)42(82)48(88)35(17)36-18(64(99)107-55)8-29(76)43(83)49(36)89)106-68(58(57)110-60(95)15-3-24(71)40(80)25(72)4-15)112-66(101)21-10-31(78)45(85)52(92)54(21)104-32-11-20-38(51(91)46(32)86)37-19(9-30(77)44(84)50(37)90)65(100)108-56-47(87)33(12-102-63(20)98)105-67(53(56)93)111-61(96)16-5-26(73)41(81)27(74)6-16/h1-11,33-34,47,53,55-58,67-93H,12-13H2/t33-,34-,47-,53-,55-,56+,57+,58-,67+,68+/m1/s1. The van der Waals surface area contributed by atoms with Crippen LogP contribution in [0, 0.1) is 0 Å². The molecule has 8 aromatic rings. The molecule has 0 saturated carbocycles. The summed E-state index contributed by atoms with van der Waals surface area (Å²) >= 11 is 0. The number of fused-ring (bicyclic) bond motifs is 9. The SMILES string of the molecule is O=C(O[C@@H]1O[C@@H]2COC(=O)c3cc(Oc4c(C(=O)O[C@@H]5O[C@@H]6COC(=O)c7cc(O)c(O)c(O)c7-c7c(cc(O)c(O)c7O)C(=O)O[C@H]6[C@H](OC(=O)c6cc(O)c(O)c(O)c6)[C@H]5OC(=O)c5cc(O)c(O)c(O)c5)cc(O)c(O)c4O)c(O)c(O)c3-c3c(cc(O)c(O)c3O)C(=O)O[C@H]([C@H]1O)[C@@H]2O)c1cc(O)c(O)c(O)c1. The Kier molecular flexibility index (Phi) is 19.3. The molecule has 4 aliphatic heterocycles. The summed E-state index contributed by atoms with van der Waals surface area (Å²) in [6, 6.07) is 4.01. The maximum absolute atomic E-state index is 15.2. The smallest absolute Gasteiger partial charge is 0.344 e. The van der Waals surface area contributed by atoms with Gasteiger partial charge in [-0.05, 0) is 54.6 Å². The van der Waals surface area contributed by atoms with E-state index in [4.69, 9.17) is 52.1 Å². The molecule has 0 radical (unpaired) electrons. The lowest BCUT2D eigenvalue weighted by Gasteiger charge is -2.43. The summed E-state index contributed by atoms with van der Waals surface area (Å²) in [4.78, 5) is 116. The molecule has 2 saturated heterocycles. The third-order valence-corrected chi connectivity index (χ3v) is 17.3. The maximum Gasteiger partial charge on any atom is 0.344 e. The number of phenolic OH excluding ortho intramolecular Hbond substituents is 23. The number of hydrogen-bond donors (Lipinski definition) is 25. The maximum atomic E-state index is 15.2.